The van der Waals surface area contributed by atoms with Crippen molar-refractivity contribution in [3.05, 3.63) is 59.9 Å². The van der Waals surface area contributed by atoms with E-state index in [-0.39, 0.29) is 0 Å². The van der Waals surface area contributed by atoms with Crippen molar-refractivity contribution in [3.63, 3.8) is 0 Å². The first kappa shape index (κ1) is 13.1. The van der Waals surface area contributed by atoms with Crippen LogP contribution in [0.25, 0.3) is 0 Å². The Bertz CT molecular complexity index is 550. The number of nitrogens with zero attached hydrogens (tertiary/aromatic N) is 1. The maximum absolute atomic E-state index is 5.44. The first-order valence-corrected chi connectivity index (χ1v) is 7.13. The quantitative estimate of drug-likeness (QED) is 0.904. The summed E-state index contributed by atoms with van der Waals surface area (Å²) in [5.74, 6) is 1.63. The summed E-state index contributed by atoms with van der Waals surface area (Å²) < 4.78 is 5.44. The summed E-state index contributed by atoms with van der Waals surface area (Å²) in [7, 11) is 1.74. The van der Waals surface area contributed by atoms with E-state index in [0.29, 0.717) is 12.0 Å². The number of rotatable bonds is 5. The molecule has 0 spiro atoms. The van der Waals surface area contributed by atoms with Crippen molar-refractivity contribution in [1.82, 2.24) is 10.3 Å². The van der Waals surface area contributed by atoms with Crippen molar-refractivity contribution >= 4 is 0 Å². The highest BCUT2D eigenvalue weighted by atomic mass is 16.5. The van der Waals surface area contributed by atoms with Gasteiger partial charge in [-0.25, -0.2) is 0 Å². The maximum Gasteiger partial charge on any atom is 0.122 e. The van der Waals surface area contributed by atoms with Crippen LogP contribution in [-0.2, 0) is 6.54 Å². The van der Waals surface area contributed by atoms with Gasteiger partial charge in [0.2, 0.25) is 0 Å². The molecule has 0 radical (unpaired) electrons. The fourth-order valence-corrected chi connectivity index (χ4v) is 2.79. The predicted molar refractivity (Wildman–Crippen MR) is 79.8 cm³/mol. The van der Waals surface area contributed by atoms with E-state index in [1.807, 2.05) is 30.5 Å². The van der Waals surface area contributed by atoms with Gasteiger partial charge in [-0.05, 0) is 42.5 Å². The molecule has 1 aliphatic carbocycles. The number of pyridine rings is 1. The minimum Gasteiger partial charge on any atom is -0.496 e. The molecule has 1 heterocycles. The van der Waals surface area contributed by atoms with Gasteiger partial charge in [0.1, 0.15) is 5.75 Å². The summed E-state index contributed by atoms with van der Waals surface area (Å²) in [6.07, 6.45) is 4.19. The van der Waals surface area contributed by atoms with E-state index in [1.54, 1.807) is 7.11 Å². The van der Waals surface area contributed by atoms with Crippen LogP contribution in [0.1, 0.15) is 30.0 Å². The van der Waals surface area contributed by atoms with E-state index in [1.165, 1.54) is 18.4 Å². The van der Waals surface area contributed by atoms with Gasteiger partial charge in [-0.15, -0.1) is 0 Å². The van der Waals surface area contributed by atoms with Crippen molar-refractivity contribution in [3.8, 4) is 5.75 Å². The van der Waals surface area contributed by atoms with Crippen LogP contribution in [0.2, 0.25) is 0 Å². The Hall–Kier alpha value is -1.87. The average Bonchev–Trinajstić information content (AvgIpc) is 2.47. The lowest BCUT2D eigenvalue weighted by molar-refractivity contribution is 0.281. The average molecular weight is 268 g/mol. The number of hydrogen-bond acceptors (Lipinski definition) is 3. The minimum absolute atomic E-state index is 0.590. The van der Waals surface area contributed by atoms with Gasteiger partial charge in [0.05, 0.1) is 12.8 Å². The Morgan fingerprint density at radius 1 is 1.15 bits per heavy atom. The zero-order valence-corrected chi connectivity index (χ0v) is 11.8. The molecule has 0 unspecified atom stereocenters. The molecular formula is C17H20N2O. The Morgan fingerprint density at radius 3 is 2.70 bits per heavy atom. The van der Waals surface area contributed by atoms with Gasteiger partial charge in [-0.2, -0.15) is 0 Å². The standard InChI is InChI=1S/C17H20N2O/c1-20-17-8-3-2-7-16(17)13-10-15(11-13)19-12-14-6-4-5-9-18-14/h2-9,13,15,19H,10-12H2,1H3. The summed E-state index contributed by atoms with van der Waals surface area (Å²) in [6.45, 7) is 0.851. The number of methoxy groups -OCH3 is 1. The molecule has 1 aromatic heterocycles. The molecule has 104 valence electrons. The van der Waals surface area contributed by atoms with E-state index in [2.05, 4.69) is 28.5 Å². The van der Waals surface area contributed by atoms with Crippen LogP contribution >= 0.6 is 0 Å². The minimum atomic E-state index is 0.590. The molecule has 1 aromatic carbocycles. The molecule has 1 fully saturated rings. The summed E-state index contributed by atoms with van der Waals surface area (Å²) in [4.78, 5) is 4.33. The van der Waals surface area contributed by atoms with E-state index in [9.17, 15) is 0 Å². The zero-order chi connectivity index (χ0) is 13.8. The third-order valence-electron chi connectivity index (χ3n) is 4.01. The second kappa shape index (κ2) is 6.06. The van der Waals surface area contributed by atoms with E-state index in [0.717, 1.165) is 18.0 Å². The number of ether oxygens (including phenoxy) is 1. The first-order valence-electron chi connectivity index (χ1n) is 7.13. The lowest BCUT2D eigenvalue weighted by atomic mass is 9.75. The largest absolute Gasteiger partial charge is 0.496 e. The third kappa shape index (κ3) is 2.83. The Kier molecular flexibility index (Phi) is 3.97. The fourth-order valence-electron chi connectivity index (χ4n) is 2.79. The van der Waals surface area contributed by atoms with Crippen LogP contribution in [-0.4, -0.2) is 18.1 Å². The van der Waals surface area contributed by atoms with Gasteiger partial charge in [0.15, 0.2) is 0 Å². The van der Waals surface area contributed by atoms with E-state index in [4.69, 9.17) is 4.74 Å². The molecule has 3 rings (SSSR count). The first-order chi connectivity index (χ1) is 9.86. The lowest BCUT2D eigenvalue weighted by Crippen LogP contribution is -2.39. The fraction of sp³-hybridized carbons (Fsp3) is 0.353. The van der Waals surface area contributed by atoms with Crippen molar-refractivity contribution in [2.45, 2.75) is 31.3 Å². The SMILES string of the molecule is COc1ccccc1C1CC(NCc2ccccn2)C1. The molecule has 3 nitrogen and oxygen atoms in total. The summed E-state index contributed by atoms with van der Waals surface area (Å²) in [6, 6.07) is 15.0. The van der Waals surface area contributed by atoms with Crippen molar-refractivity contribution < 1.29 is 4.74 Å². The van der Waals surface area contributed by atoms with Crippen LogP contribution in [0, 0.1) is 0 Å². The molecule has 0 bridgehead atoms. The van der Waals surface area contributed by atoms with Crippen LogP contribution in [0.3, 0.4) is 0 Å². The molecule has 1 saturated carbocycles. The molecule has 0 aliphatic heterocycles. The van der Waals surface area contributed by atoms with Gasteiger partial charge < -0.3 is 10.1 Å². The number of para-hydroxylation sites is 1. The second-order valence-corrected chi connectivity index (χ2v) is 5.31. The Labute approximate surface area is 120 Å². The molecule has 0 saturated heterocycles. The number of nitrogens with one attached hydrogen (secondary N) is 1. The lowest BCUT2D eigenvalue weighted by Gasteiger charge is -2.37. The summed E-state index contributed by atoms with van der Waals surface area (Å²) in [5, 5.41) is 3.57. The zero-order valence-electron chi connectivity index (χ0n) is 11.8. The Morgan fingerprint density at radius 2 is 1.95 bits per heavy atom. The molecule has 1 N–H and O–H groups in total. The highest BCUT2D eigenvalue weighted by Gasteiger charge is 2.31. The highest BCUT2D eigenvalue weighted by molar-refractivity contribution is 5.37. The summed E-state index contributed by atoms with van der Waals surface area (Å²) >= 11 is 0. The second-order valence-electron chi connectivity index (χ2n) is 5.31. The molecule has 3 heteroatoms. The molecule has 20 heavy (non-hydrogen) atoms. The summed E-state index contributed by atoms with van der Waals surface area (Å²) in [5.41, 5.74) is 2.44. The van der Waals surface area contributed by atoms with Crippen LogP contribution in [0.15, 0.2) is 48.7 Å². The van der Waals surface area contributed by atoms with Crippen LogP contribution in [0.4, 0.5) is 0 Å². The van der Waals surface area contributed by atoms with E-state index >= 15 is 0 Å². The van der Waals surface area contributed by atoms with Gasteiger partial charge in [0, 0.05) is 18.8 Å². The highest BCUT2D eigenvalue weighted by Crippen LogP contribution is 2.40. The number of aromatic nitrogens is 1. The molecule has 0 atom stereocenters. The van der Waals surface area contributed by atoms with Gasteiger partial charge in [-0.1, -0.05) is 24.3 Å². The van der Waals surface area contributed by atoms with Crippen molar-refractivity contribution in [1.29, 1.82) is 0 Å². The van der Waals surface area contributed by atoms with Crippen molar-refractivity contribution in [2.24, 2.45) is 0 Å². The number of benzene rings is 1. The van der Waals surface area contributed by atoms with Crippen LogP contribution in [0.5, 0.6) is 5.75 Å². The predicted octanol–water partition coefficient (Wildman–Crippen LogP) is 3.13. The van der Waals surface area contributed by atoms with E-state index < -0.39 is 0 Å². The normalized spacial score (nSPS) is 21.2. The third-order valence-corrected chi connectivity index (χ3v) is 4.01. The monoisotopic (exact) mass is 268 g/mol. The molecular weight excluding hydrogens is 248 g/mol. The van der Waals surface area contributed by atoms with Gasteiger partial charge in [-0.3, -0.25) is 4.98 Å². The van der Waals surface area contributed by atoms with Crippen molar-refractivity contribution in [2.75, 3.05) is 7.11 Å². The molecule has 2 aromatic rings. The van der Waals surface area contributed by atoms with Gasteiger partial charge in [0.25, 0.3) is 0 Å². The topological polar surface area (TPSA) is 34.1 Å². The molecule has 1 aliphatic rings. The van der Waals surface area contributed by atoms with Crippen LogP contribution < -0.4 is 10.1 Å². The van der Waals surface area contributed by atoms with Gasteiger partial charge >= 0.3 is 0 Å². The Balaban J connectivity index is 1.51. The smallest absolute Gasteiger partial charge is 0.122 e. The maximum atomic E-state index is 5.44. The molecule has 0 amide bonds. The number of hydrogen-bond donors (Lipinski definition) is 1.